The second-order valence-corrected chi connectivity index (χ2v) is 19.2. The Balaban J connectivity index is 2.82. The minimum atomic E-state index is -1.93. The quantitative estimate of drug-likeness (QED) is 0.381. The third-order valence-electron chi connectivity index (χ3n) is 4.50. The Hall–Kier alpha value is 0.344. The van der Waals surface area contributed by atoms with Crippen LogP contribution in [0.4, 0.5) is 0 Å². The van der Waals surface area contributed by atoms with Crippen LogP contribution < -0.4 is 0 Å². The van der Waals surface area contributed by atoms with Gasteiger partial charge in [-0.25, -0.2) is 0 Å². The van der Waals surface area contributed by atoms with Crippen molar-refractivity contribution in [1.82, 2.24) is 0 Å². The van der Waals surface area contributed by atoms with Crippen LogP contribution in [0.1, 0.15) is 65.7 Å². The minimum absolute atomic E-state index is 0.872. The molecule has 0 atom stereocenters. The van der Waals surface area contributed by atoms with Gasteiger partial charge in [0, 0.05) is 0 Å². The summed E-state index contributed by atoms with van der Waals surface area (Å²) in [7, 11) is 0. The zero-order chi connectivity index (χ0) is 15.0. The van der Waals surface area contributed by atoms with Crippen LogP contribution in [0.5, 0.6) is 0 Å². The van der Waals surface area contributed by atoms with Gasteiger partial charge >= 0.3 is 133 Å². The summed E-state index contributed by atoms with van der Waals surface area (Å²) >= 11 is -1.93. The zero-order valence-electron chi connectivity index (χ0n) is 14.6. The van der Waals surface area contributed by atoms with Gasteiger partial charge in [-0.05, 0) is 0 Å². The molecule has 0 spiro atoms. The zero-order valence-corrected chi connectivity index (χ0v) is 17.5. The Kier molecular flexibility index (Phi) is 8.63. The fourth-order valence-corrected chi connectivity index (χ4v) is 10.6. The van der Waals surface area contributed by atoms with Crippen molar-refractivity contribution in [2.24, 2.45) is 0 Å². The van der Waals surface area contributed by atoms with Crippen molar-refractivity contribution < 1.29 is 0 Å². The van der Waals surface area contributed by atoms with E-state index in [0.29, 0.717) is 0 Å². The molecule has 0 aromatic carbocycles. The Morgan fingerprint density at radius 3 is 1.90 bits per heavy atom. The third-order valence-corrected chi connectivity index (χ3v) is 10.6. The first-order valence-electron chi connectivity index (χ1n) is 8.98. The molecule has 0 aromatic rings. The van der Waals surface area contributed by atoms with Gasteiger partial charge in [0.15, 0.2) is 0 Å². The van der Waals surface area contributed by atoms with Crippen molar-refractivity contribution in [1.29, 1.82) is 0 Å². The van der Waals surface area contributed by atoms with Gasteiger partial charge in [-0.3, -0.25) is 0 Å². The molecule has 0 nitrogen and oxygen atoms in total. The molecular weight excluding hydrogens is 346 g/mol. The summed E-state index contributed by atoms with van der Waals surface area (Å²) in [5.41, 5.74) is 3.58. The standard InChI is InChI=1S/C16H29B.2CH3.Sn/c1-6-9-12-15(4)16(5)17(13-10-7-2)14-11-8-3;;;/h4-5H,6-14H2,1-3H3;2*1H3;. The van der Waals surface area contributed by atoms with Gasteiger partial charge in [0.1, 0.15) is 0 Å². The first-order chi connectivity index (χ1) is 9.54. The van der Waals surface area contributed by atoms with E-state index in [-0.39, 0.29) is 0 Å². The molecule has 114 valence electrons. The van der Waals surface area contributed by atoms with E-state index in [4.69, 9.17) is 0 Å². The summed E-state index contributed by atoms with van der Waals surface area (Å²) in [5.74, 6) is 0. The molecular formula is C18H35BSn. The van der Waals surface area contributed by atoms with E-state index in [2.05, 4.69) is 38.8 Å². The summed E-state index contributed by atoms with van der Waals surface area (Å²) in [4.78, 5) is 5.15. The summed E-state index contributed by atoms with van der Waals surface area (Å²) in [6, 6.07) is 0. The van der Waals surface area contributed by atoms with Gasteiger partial charge in [-0.2, -0.15) is 0 Å². The number of hydrogen-bond acceptors (Lipinski definition) is 0. The predicted molar refractivity (Wildman–Crippen MR) is 98.4 cm³/mol. The Bertz CT molecular complexity index is 333. The fourth-order valence-electron chi connectivity index (χ4n) is 3.39. The number of unbranched alkanes of at least 4 members (excludes halogenated alkanes) is 3. The molecule has 0 aromatic heterocycles. The van der Waals surface area contributed by atoms with E-state index in [1.165, 1.54) is 57.6 Å². The number of rotatable bonds is 10. The molecule has 0 radical (unpaired) electrons. The van der Waals surface area contributed by atoms with Crippen LogP contribution in [0, 0.1) is 0 Å². The van der Waals surface area contributed by atoms with Crippen molar-refractivity contribution in [2.75, 3.05) is 0 Å². The monoisotopic (exact) mass is 382 g/mol. The Morgan fingerprint density at radius 2 is 1.40 bits per heavy atom. The molecule has 0 saturated carbocycles. The van der Waals surface area contributed by atoms with E-state index < -0.39 is 18.4 Å². The molecule has 0 fully saturated rings. The molecule has 2 heteroatoms. The molecule has 0 bridgehead atoms. The van der Waals surface area contributed by atoms with Crippen LogP contribution in [0.15, 0.2) is 19.2 Å². The predicted octanol–water partition coefficient (Wildman–Crippen LogP) is 6.46. The van der Waals surface area contributed by atoms with Crippen molar-refractivity contribution in [3.8, 4) is 0 Å². The molecule has 0 saturated heterocycles. The first kappa shape index (κ1) is 18.4. The van der Waals surface area contributed by atoms with E-state index in [9.17, 15) is 0 Å². The molecule has 0 N–H and O–H groups in total. The SMILES string of the molecule is CCCCB(CCCC)C1=[CH][Sn]([CH3])([CH3])[CH]=C1CCCC. The third kappa shape index (κ3) is 5.99. The summed E-state index contributed by atoms with van der Waals surface area (Å²) in [6.45, 7) is 7.85. The van der Waals surface area contributed by atoms with Crippen molar-refractivity contribution in [3.63, 3.8) is 0 Å². The molecule has 1 aliphatic heterocycles. The normalized spacial score (nSPS) is 17.1. The van der Waals surface area contributed by atoms with Crippen molar-refractivity contribution in [3.05, 3.63) is 19.2 Å². The number of allylic oxidation sites excluding steroid dienone is 2. The van der Waals surface area contributed by atoms with Crippen LogP contribution in [-0.4, -0.2) is 25.1 Å². The Labute approximate surface area is 132 Å². The second kappa shape index (κ2) is 9.38. The molecule has 20 heavy (non-hydrogen) atoms. The molecule has 1 heterocycles. The maximum absolute atomic E-state index is 2.79. The number of hydrogen-bond donors (Lipinski definition) is 0. The molecule has 1 aliphatic rings. The Morgan fingerprint density at radius 1 is 0.850 bits per heavy atom. The molecule has 0 unspecified atom stereocenters. The van der Waals surface area contributed by atoms with Crippen molar-refractivity contribution >= 4 is 25.1 Å². The van der Waals surface area contributed by atoms with E-state index in [0.717, 1.165) is 6.71 Å². The van der Waals surface area contributed by atoms with E-state index in [1.807, 2.05) is 0 Å². The average Bonchev–Trinajstić information content (AvgIpc) is 2.72. The van der Waals surface area contributed by atoms with Crippen LogP contribution >= 0.6 is 0 Å². The van der Waals surface area contributed by atoms with Gasteiger partial charge < -0.3 is 0 Å². The van der Waals surface area contributed by atoms with Gasteiger partial charge in [0.25, 0.3) is 0 Å². The van der Waals surface area contributed by atoms with Gasteiger partial charge in [-0.15, -0.1) is 0 Å². The summed E-state index contributed by atoms with van der Waals surface area (Å²) in [6.07, 6.45) is 12.4. The summed E-state index contributed by atoms with van der Waals surface area (Å²) < 4.78 is 5.54. The van der Waals surface area contributed by atoms with Crippen LogP contribution in [0.25, 0.3) is 0 Å². The van der Waals surface area contributed by atoms with Gasteiger partial charge in [0.05, 0.1) is 0 Å². The first-order valence-corrected chi connectivity index (χ1v) is 18.0. The summed E-state index contributed by atoms with van der Waals surface area (Å²) in [5, 5.41) is 0. The van der Waals surface area contributed by atoms with Crippen LogP contribution in [0.3, 0.4) is 0 Å². The van der Waals surface area contributed by atoms with Crippen molar-refractivity contribution in [2.45, 2.75) is 88.2 Å². The average molecular weight is 381 g/mol. The van der Waals surface area contributed by atoms with E-state index >= 15 is 0 Å². The maximum atomic E-state index is 2.79. The molecule has 0 aliphatic carbocycles. The van der Waals surface area contributed by atoms with E-state index in [1.54, 1.807) is 11.0 Å². The molecule has 0 amide bonds. The fraction of sp³-hybridized carbons (Fsp3) is 0.778. The molecule has 1 rings (SSSR count). The van der Waals surface area contributed by atoms with Gasteiger partial charge in [-0.1, -0.05) is 0 Å². The second-order valence-electron chi connectivity index (χ2n) is 7.18. The van der Waals surface area contributed by atoms with Crippen LogP contribution in [-0.2, 0) is 0 Å². The van der Waals surface area contributed by atoms with Gasteiger partial charge in [0.2, 0.25) is 0 Å². The topological polar surface area (TPSA) is 0 Å². The van der Waals surface area contributed by atoms with Crippen LogP contribution in [0.2, 0.25) is 22.5 Å².